The van der Waals surface area contributed by atoms with Crippen LogP contribution < -0.4 is 24.3 Å². The fraction of sp³-hybridized carbons (Fsp3) is 0.350. The van der Waals surface area contributed by atoms with Gasteiger partial charge in [0.1, 0.15) is 29.6 Å². The van der Waals surface area contributed by atoms with Crippen molar-refractivity contribution in [1.82, 2.24) is 5.32 Å². The van der Waals surface area contributed by atoms with Crippen LogP contribution in [-0.4, -0.2) is 33.8 Å². The van der Waals surface area contributed by atoms with Gasteiger partial charge >= 0.3 is 0 Å². The van der Waals surface area contributed by atoms with Crippen LogP contribution in [0.1, 0.15) is 11.1 Å². The molecule has 2 aromatic rings. The zero-order chi connectivity index (χ0) is 18.5. The molecule has 1 unspecified atom stereocenters. The summed E-state index contributed by atoms with van der Waals surface area (Å²) in [6, 6.07) is 11.2. The van der Waals surface area contributed by atoms with Gasteiger partial charge < -0.3 is 24.3 Å². The molecule has 1 amide bonds. The molecule has 0 aromatic heterocycles. The molecule has 1 N–H and O–H groups in total. The smallest absolute Gasteiger partial charge is 0.227 e. The van der Waals surface area contributed by atoms with E-state index in [1.54, 1.807) is 21.3 Å². The highest BCUT2D eigenvalue weighted by Crippen LogP contribution is 2.31. The SMILES string of the molecule is COc1ccc(OC)c(CNC(=O)C2COc3ccc(OC)cc3C2)c1. The molecule has 2 aromatic carbocycles. The highest BCUT2D eigenvalue weighted by atomic mass is 16.5. The first-order chi connectivity index (χ1) is 12.6. The monoisotopic (exact) mass is 357 g/mol. The Bertz CT molecular complexity index is 790. The Kier molecular flexibility index (Phi) is 5.51. The van der Waals surface area contributed by atoms with Crippen molar-refractivity contribution in [2.24, 2.45) is 5.92 Å². The topological polar surface area (TPSA) is 66.0 Å². The molecule has 0 radical (unpaired) electrons. The van der Waals surface area contributed by atoms with Gasteiger partial charge in [-0.05, 0) is 48.4 Å². The summed E-state index contributed by atoms with van der Waals surface area (Å²) in [5, 5.41) is 2.97. The number of carbonyl (C=O) groups is 1. The summed E-state index contributed by atoms with van der Waals surface area (Å²) in [7, 11) is 4.83. The van der Waals surface area contributed by atoms with Crippen LogP contribution in [0.2, 0.25) is 0 Å². The summed E-state index contributed by atoms with van der Waals surface area (Å²) < 4.78 is 21.6. The lowest BCUT2D eigenvalue weighted by Crippen LogP contribution is -2.37. The van der Waals surface area contributed by atoms with Crippen molar-refractivity contribution in [3.05, 3.63) is 47.5 Å². The molecular weight excluding hydrogens is 334 g/mol. The van der Waals surface area contributed by atoms with Gasteiger partial charge in [0.2, 0.25) is 5.91 Å². The van der Waals surface area contributed by atoms with Crippen molar-refractivity contribution < 1.29 is 23.7 Å². The average Bonchev–Trinajstić information content (AvgIpc) is 2.70. The number of ether oxygens (including phenoxy) is 4. The summed E-state index contributed by atoms with van der Waals surface area (Å²) in [6.45, 7) is 0.723. The predicted molar refractivity (Wildman–Crippen MR) is 97.1 cm³/mol. The van der Waals surface area contributed by atoms with Gasteiger partial charge in [-0.15, -0.1) is 0 Å². The van der Waals surface area contributed by atoms with Crippen LogP contribution in [0.25, 0.3) is 0 Å². The van der Waals surface area contributed by atoms with E-state index in [2.05, 4.69) is 5.32 Å². The van der Waals surface area contributed by atoms with Gasteiger partial charge in [-0.1, -0.05) is 0 Å². The Morgan fingerprint density at radius 1 is 1.08 bits per heavy atom. The molecule has 0 aliphatic carbocycles. The summed E-state index contributed by atoms with van der Waals surface area (Å²) in [6.07, 6.45) is 0.619. The second-order valence-corrected chi connectivity index (χ2v) is 6.08. The van der Waals surface area contributed by atoms with Gasteiger partial charge in [0.05, 0.1) is 27.2 Å². The lowest BCUT2D eigenvalue weighted by molar-refractivity contribution is -0.126. The largest absolute Gasteiger partial charge is 0.497 e. The highest BCUT2D eigenvalue weighted by molar-refractivity contribution is 5.79. The van der Waals surface area contributed by atoms with Crippen LogP contribution in [0.5, 0.6) is 23.0 Å². The molecule has 6 nitrogen and oxygen atoms in total. The summed E-state index contributed by atoms with van der Waals surface area (Å²) >= 11 is 0. The molecule has 0 spiro atoms. The van der Waals surface area contributed by atoms with E-state index in [1.165, 1.54) is 0 Å². The summed E-state index contributed by atoms with van der Waals surface area (Å²) in [4.78, 5) is 12.6. The van der Waals surface area contributed by atoms with Crippen LogP contribution >= 0.6 is 0 Å². The minimum atomic E-state index is -0.244. The number of hydrogen-bond donors (Lipinski definition) is 1. The molecule has 1 atom stereocenters. The maximum atomic E-state index is 12.6. The predicted octanol–water partition coefficient (Wildman–Crippen LogP) is 2.58. The van der Waals surface area contributed by atoms with Crippen LogP contribution in [0.4, 0.5) is 0 Å². The van der Waals surface area contributed by atoms with Gasteiger partial charge in [0.25, 0.3) is 0 Å². The highest BCUT2D eigenvalue weighted by Gasteiger charge is 2.26. The third-order valence-electron chi connectivity index (χ3n) is 4.49. The maximum Gasteiger partial charge on any atom is 0.227 e. The van der Waals surface area contributed by atoms with E-state index < -0.39 is 0 Å². The Morgan fingerprint density at radius 3 is 2.54 bits per heavy atom. The van der Waals surface area contributed by atoms with Crippen molar-refractivity contribution in [2.45, 2.75) is 13.0 Å². The lowest BCUT2D eigenvalue weighted by atomic mass is 9.95. The Labute approximate surface area is 153 Å². The fourth-order valence-electron chi connectivity index (χ4n) is 3.01. The Balaban J connectivity index is 1.66. The quantitative estimate of drug-likeness (QED) is 0.861. The van der Waals surface area contributed by atoms with E-state index in [0.717, 1.165) is 28.4 Å². The number of fused-ring (bicyclic) bond motifs is 1. The first-order valence-corrected chi connectivity index (χ1v) is 8.43. The van der Waals surface area contributed by atoms with Gasteiger partial charge in [-0.25, -0.2) is 0 Å². The van der Waals surface area contributed by atoms with Crippen LogP contribution in [-0.2, 0) is 17.8 Å². The van der Waals surface area contributed by atoms with Crippen LogP contribution in [0.3, 0.4) is 0 Å². The molecule has 1 heterocycles. The maximum absolute atomic E-state index is 12.6. The number of rotatable bonds is 6. The number of nitrogens with one attached hydrogen (secondary N) is 1. The van der Waals surface area contributed by atoms with Crippen LogP contribution in [0, 0.1) is 5.92 Å². The molecule has 6 heteroatoms. The molecule has 3 rings (SSSR count). The van der Waals surface area contributed by atoms with Crippen molar-refractivity contribution >= 4 is 5.91 Å². The van der Waals surface area contributed by atoms with E-state index in [9.17, 15) is 4.79 Å². The summed E-state index contributed by atoms with van der Waals surface area (Å²) in [5.74, 6) is 2.70. The molecule has 26 heavy (non-hydrogen) atoms. The van der Waals surface area contributed by atoms with Gasteiger partial charge in [-0.3, -0.25) is 4.79 Å². The van der Waals surface area contributed by atoms with E-state index in [0.29, 0.717) is 25.3 Å². The standard InChI is InChI=1S/C20H23NO5/c1-23-16-5-7-19-13(9-16)8-15(12-26-19)20(22)21-11-14-10-17(24-2)4-6-18(14)25-3/h4-7,9-10,15H,8,11-12H2,1-3H3,(H,21,22). The third-order valence-corrected chi connectivity index (χ3v) is 4.49. The van der Waals surface area contributed by atoms with Crippen molar-refractivity contribution in [3.8, 4) is 23.0 Å². The number of carbonyl (C=O) groups excluding carboxylic acids is 1. The molecule has 0 bridgehead atoms. The Hall–Kier alpha value is -2.89. The second kappa shape index (κ2) is 7.99. The molecule has 0 saturated carbocycles. The first kappa shape index (κ1) is 17.9. The molecule has 1 aliphatic heterocycles. The normalized spacial score (nSPS) is 15.4. The van der Waals surface area contributed by atoms with E-state index in [4.69, 9.17) is 18.9 Å². The minimum absolute atomic E-state index is 0.0525. The number of amides is 1. The minimum Gasteiger partial charge on any atom is -0.497 e. The van der Waals surface area contributed by atoms with E-state index in [1.807, 2.05) is 36.4 Å². The molecular formula is C20H23NO5. The van der Waals surface area contributed by atoms with Crippen molar-refractivity contribution in [2.75, 3.05) is 27.9 Å². The van der Waals surface area contributed by atoms with Crippen LogP contribution in [0.15, 0.2) is 36.4 Å². The van der Waals surface area contributed by atoms with E-state index in [-0.39, 0.29) is 11.8 Å². The van der Waals surface area contributed by atoms with Gasteiger partial charge in [0.15, 0.2) is 0 Å². The second-order valence-electron chi connectivity index (χ2n) is 6.08. The van der Waals surface area contributed by atoms with Crippen molar-refractivity contribution in [1.29, 1.82) is 0 Å². The zero-order valence-corrected chi connectivity index (χ0v) is 15.2. The molecule has 0 saturated heterocycles. The average molecular weight is 357 g/mol. The Morgan fingerprint density at radius 2 is 1.81 bits per heavy atom. The molecule has 1 aliphatic rings. The zero-order valence-electron chi connectivity index (χ0n) is 15.2. The van der Waals surface area contributed by atoms with Gasteiger partial charge in [-0.2, -0.15) is 0 Å². The van der Waals surface area contributed by atoms with E-state index >= 15 is 0 Å². The molecule has 138 valence electrons. The summed E-state index contributed by atoms with van der Waals surface area (Å²) in [5.41, 5.74) is 1.84. The number of benzene rings is 2. The molecule has 0 fully saturated rings. The first-order valence-electron chi connectivity index (χ1n) is 8.43. The lowest BCUT2D eigenvalue weighted by Gasteiger charge is -2.25. The van der Waals surface area contributed by atoms with Gasteiger partial charge in [0, 0.05) is 12.1 Å². The number of methoxy groups -OCH3 is 3. The number of hydrogen-bond acceptors (Lipinski definition) is 5. The fourth-order valence-corrected chi connectivity index (χ4v) is 3.01. The van der Waals surface area contributed by atoms with Crippen molar-refractivity contribution in [3.63, 3.8) is 0 Å². The third kappa shape index (κ3) is 3.85.